The van der Waals surface area contributed by atoms with E-state index in [-0.39, 0.29) is 5.91 Å². The van der Waals surface area contributed by atoms with Crippen molar-refractivity contribution < 1.29 is 4.79 Å². The molecule has 5 heteroatoms. The maximum Gasteiger partial charge on any atom is 0.251 e. The Hall–Kier alpha value is -1.98. The van der Waals surface area contributed by atoms with E-state index in [1.165, 1.54) is 28.3 Å². The van der Waals surface area contributed by atoms with E-state index < -0.39 is 0 Å². The predicted molar refractivity (Wildman–Crippen MR) is 126 cm³/mol. The number of benzene rings is 2. The van der Waals surface area contributed by atoms with Crippen molar-refractivity contribution in [2.24, 2.45) is 5.92 Å². The number of anilines is 2. The van der Waals surface area contributed by atoms with Crippen LogP contribution < -0.4 is 10.2 Å². The maximum absolute atomic E-state index is 12.9. The van der Waals surface area contributed by atoms with Crippen molar-refractivity contribution in [1.29, 1.82) is 0 Å². The van der Waals surface area contributed by atoms with Gasteiger partial charge in [0.25, 0.3) is 5.91 Å². The molecule has 0 aromatic heterocycles. The number of rotatable bonds is 7. The lowest BCUT2D eigenvalue weighted by atomic mass is 10.1. The standard InChI is InChI=1S/C25H33N3OS/c1-4-18(3)17-26-25(29)19-12-13-23-21(16-19)28(20-10-6-7-11-22(20)30-23)24(5-2)27-14-8-9-15-27/h6-7,10-13,16,18,24H,4-5,8-9,14-15,17H2,1-3H3,(H,26,29). The highest BCUT2D eigenvalue weighted by molar-refractivity contribution is 7.99. The SMILES string of the molecule is CCC(C)CNC(=O)c1ccc2c(c1)N(C(CC)N1CCCC1)c1ccccc1S2. The summed E-state index contributed by atoms with van der Waals surface area (Å²) in [6.07, 6.45) is 4.96. The van der Waals surface area contributed by atoms with Crippen LogP contribution in [-0.4, -0.2) is 36.6 Å². The van der Waals surface area contributed by atoms with Gasteiger partial charge in [0, 0.05) is 35.0 Å². The first kappa shape index (κ1) is 21.3. The Morgan fingerprint density at radius 1 is 1.03 bits per heavy atom. The van der Waals surface area contributed by atoms with Crippen LogP contribution in [0.15, 0.2) is 52.3 Å². The quantitative estimate of drug-likeness (QED) is 0.602. The normalized spacial score (nSPS) is 17.9. The third-order valence-corrected chi connectivity index (χ3v) is 7.49. The largest absolute Gasteiger partial charge is 0.352 e. The summed E-state index contributed by atoms with van der Waals surface area (Å²) in [6.45, 7) is 9.62. The number of para-hydroxylation sites is 1. The lowest BCUT2D eigenvalue weighted by Crippen LogP contribution is -2.45. The van der Waals surface area contributed by atoms with Crippen LogP contribution >= 0.6 is 11.8 Å². The second-order valence-corrected chi connectivity index (χ2v) is 9.56. The first-order chi connectivity index (χ1) is 14.6. The number of nitrogens with one attached hydrogen (secondary N) is 1. The minimum absolute atomic E-state index is 0.0242. The molecule has 2 aliphatic rings. The van der Waals surface area contributed by atoms with Gasteiger partial charge < -0.3 is 10.2 Å². The van der Waals surface area contributed by atoms with Crippen molar-refractivity contribution >= 4 is 29.0 Å². The van der Waals surface area contributed by atoms with E-state index in [1.807, 2.05) is 17.8 Å². The number of likely N-dealkylation sites (tertiary alicyclic amines) is 1. The molecule has 2 aromatic carbocycles. The van der Waals surface area contributed by atoms with Crippen LogP contribution in [0.5, 0.6) is 0 Å². The third-order valence-electron chi connectivity index (χ3n) is 6.36. The fourth-order valence-electron chi connectivity index (χ4n) is 4.40. The summed E-state index contributed by atoms with van der Waals surface area (Å²) in [5, 5.41) is 3.11. The third kappa shape index (κ3) is 4.23. The van der Waals surface area contributed by atoms with Crippen molar-refractivity contribution in [3.63, 3.8) is 0 Å². The molecular weight excluding hydrogens is 390 g/mol. The minimum atomic E-state index is 0.0242. The zero-order valence-electron chi connectivity index (χ0n) is 18.4. The molecule has 4 nitrogen and oxygen atoms in total. The summed E-state index contributed by atoms with van der Waals surface area (Å²) in [5.74, 6) is 0.515. The zero-order valence-corrected chi connectivity index (χ0v) is 19.2. The molecule has 2 aliphatic heterocycles. The number of carbonyl (C=O) groups excluding carboxylic acids is 1. The monoisotopic (exact) mass is 423 g/mol. The molecule has 1 saturated heterocycles. The second kappa shape index (κ2) is 9.44. The number of hydrogen-bond donors (Lipinski definition) is 1. The molecular formula is C25H33N3OS. The van der Waals surface area contributed by atoms with Gasteiger partial charge in [0.1, 0.15) is 0 Å². The van der Waals surface area contributed by atoms with E-state index in [0.29, 0.717) is 12.1 Å². The Kier molecular flexibility index (Phi) is 6.69. The molecule has 1 fully saturated rings. The minimum Gasteiger partial charge on any atom is -0.352 e. The van der Waals surface area contributed by atoms with E-state index in [0.717, 1.165) is 43.7 Å². The molecule has 4 rings (SSSR count). The lowest BCUT2D eigenvalue weighted by Gasteiger charge is -2.42. The molecule has 0 saturated carbocycles. The molecule has 2 atom stereocenters. The number of nitrogens with zero attached hydrogens (tertiary/aromatic N) is 2. The van der Waals surface area contributed by atoms with E-state index in [2.05, 4.69) is 72.3 Å². The Bertz CT molecular complexity index is 894. The van der Waals surface area contributed by atoms with Gasteiger partial charge in [-0.2, -0.15) is 0 Å². The van der Waals surface area contributed by atoms with Gasteiger partial charge >= 0.3 is 0 Å². The van der Waals surface area contributed by atoms with Gasteiger partial charge in [-0.3, -0.25) is 9.69 Å². The molecule has 1 amide bonds. The Labute approximate surface area is 185 Å². The first-order valence-electron chi connectivity index (χ1n) is 11.3. The van der Waals surface area contributed by atoms with E-state index in [1.54, 1.807) is 0 Å². The van der Waals surface area contributed by atoms with E-state index in [9.17, 15) is 4.79 Å². The molecule has 1 N–H and O–H groups in total. The summed E-state index contributed by atoms with van der Waals surface area (Å²) >= 11 is 1.81. The van der Waals surface area contributed by atoms with Crippen LogP contribution in [0.2, 0.25) is 0 Å². The number of carbonyl (C=O) groups is 1. The topological polar surface area (TPSA) is 35.6 Å². The van der Waals surface area contributed by atoms with Crippen molar-refractivity contribution in [3.8, 4) is 0 Å². The zero-order chi connectivity index (χ0) is 21.1. The highest BCUT2D eigenvalue weighted by Crippen LogP contribution is 2.50. The van der Waals surface area contributed by atoms with Gasteiger partial charge in [-0.05, 0) is 55.5 Å². The summed E-state index contributed by atoms with van der Waals surface area (Å²) < 4.78 is 0. The molecule has 0 aliphatic carbocycles. The summed E-state index contributed by atoms with van der Waals surface area (Å²) in [5.41, 5.74) is 3.16. The van der Waals surface area contributed by atoms with Crippen LogP contribution in [0, 0.1) is 5.92 Å². The Morgan fingerprint density at radius 3 is 2.50 bits per heavy atom. The van der Waals surface area contributed by atoms with Gasteiger partial charge in [-0.25, -0.2) is 0 Å². The molecule has 2 heterocycles. The van der Waals surface area contributed by atoms with Crippen molar-refractivity contribution in [1.82, 2.24) is 10.2 Å². The summed E-state index contributed by atoms with van der Waals surface area (Å²) in [7, 11) is 0. The van der Waals surface area contributed by atoms with E-state index >= 15 is 0 Å². The van der Waals surface area contributed by atoms with Crippen LogP contribution in [-0.2, 0) is 0 Å². The Balaban J connectivity index is 1.70. The van der Waals surface area contributed by atoms with Crippen LogP contribution in [0.1, 0.15) is 56.8 Å². The highest BCUT2D eigenvalue weighted by Gasteiger charge is 2.33. The average Bonchev–Trinajstić information content (AvgIpc) is 3.31. The molecule has 160 valence electrons. The van der Waals surface area contributed by atoms with Crippen LogP contribution in [0.3, 0.4) is 0 Å². The molecule has 30 heavy (non-hydrogen) atoms. The number of amides is 1. The van der Waals surface area contributed by atoms with Gasteiger partial charge in [-0.1, -0.05) is 51.1 Å². The van der Waals surface area contributed by atoms with Crippen molar-refractivity contribution in [2.75, 3.05) is 24.5 Å². The smallest absolute Gasteiger partial charge is 0.251 e. The Morgan fingerprint density at radius 2 is 1.77 bits per heavy atom. The van der Waals surface area contributed by atoms with Gasteiger partial charge in [0.2, 0.25) is 0 Å². The van der Waals surface area contributed by atoms with Crippen LogP contribution in [0.4, 0.5) is 11.4 Å². The van der Waals surface area contributed by atoms with Crippen molar-refractivity contribution in [3.05, 3.63) is 48.0 Å². The average molecular weight is 424 g/mol. The first-order valence-corrected chi connectivity index (χ1v) is 12.2. The molecule has 0 spiro atoms. The molecule has 0 radical (unpaired) electrons. The van der Waals surface area contributed by atoms with Gasteiger partial charge in [-0.15, -0.1) is 0 Å². The molecule has 2 unspecified atom stereocenters. The fourth-order valence-corrected chi connectivity index (χ4v) is 5.45. The summed E-state index contributed by atoms with van der Waals surface area (Å²) in [4.78, 5) is 20.5. The van der Waals surface area contributed by atoms with E-state index in [4.69, 9.17) is 0 Å². The second-order valence-electron chi connectivity index (χ2n) is 8.48. The van der Waals surface area contributed by atoms with Gasteiger partial charge in [0.05, 0.1) is 17.5 Å². The summed E-state index contributed by atoms with van der Waals surface area (Å²) in [6, 6.07) is 14.9. The molecule has 0 bridgehead atoms. The highest BCUT2D eigenvalue weighted by atomic mass is 32.2. The molecule has 2 aromatic rings. The van der Waals surface area contributed by atoms with Gasteiger partial charge in [0.15, 0.2) is 0 Å². The van der Waals surface area contributed by atoms with Crippen LogP contribution in [0.25, 0.3) is 0 Å². The maximum atomic E-state index is 12.9. The fraction of sp³-hybridized carbons (Fsp3) is 0.480. The number of hydrogen-bond acceptors (Lipinski definition) is 4. The lowest BCUT2D eigenvalue weighted by molar-refractivity contribution is 0.0947. The predicted octanol–water partition coefficient (Wildman–Crippen LogP) is 5.90. The van der Waals surface area contributed by atoms with Crippen molar-refractivity contribution in [2.45, 2.75) is 62.4 Å². The number of fused-ring (bicyclic) bond motifs is 2.